The molecule has 3 N–H and O–H groups in total. The summed E-state index contributed by atoms with van der Waals surface area (Å²) in [5.74, 6) is -2.36. The first-order valence-corrected chi connectivity index (χ1v) is 9.12. The maximum absolute atomic E-state index is 15.1. The number of hydrogen-bond acceptors (Lipinski definition) is 5. The van der Waals surface area contributed by atoms with Crippen LogP contribution in [0.3, 0.4) is 0 Å². The highest BCUT2D eigenvalue weighted by Gasteiger charge is 2.36. The van der Waals surface area contributed by atoms with E-state index in [4.69, 9.17) is 10.5 Å². The highest BCUT2D eigenvalue weighted by atomic mass is 19.1. The number of carboxylic acid groups (broad SMARTS) is 1. The molecule has 2 aromatic rings. The molecule has 0 radical (unpaired) electrons. The zero-order chi connectivity index (χ0) is 20.2. The van der Waals surface area contributed by atoms with Gasteiger partial charge in [-0.1, -0.05) is 0 Å². The van der Waals surface area contributed by atoms with Crippen LogP contribution in [0.15, 0.2) is 17.1 Å². The predicted molar refractivity (Wildman–Crippen MR) is 99.6 cm³/mol. The molecule has 2 fully saturated rings. The fraction of sp³-hybridized carbons (Fsp3) is 0.474. The van der Waals surface area contributed by atoms with Gasteiger partial charge in [-0.25, -0.2) is 9.18 Å². The van der Waals surface area contributed by atoms with E-state index in [0.29, 0.717) is 5.52 Å². The van der Waals surface area contributed by atoms with E-state index in [9.17, 15) is 19.1 Å². The Balaban J connectivity index is 2.00. The first kappa shape index (κ1) is 18.7. The maximum atomic E-state index is 15.1. The van der Waals surface area contributed by atoms with Crippen LogP contribution in [0, 0.1) is 11.7 Å². The average Bonchev–Trinajstić information content (AvgIpc) is 3.43. The van der Waals surface area contributed by atoms with E-state index in [1.807, 2.05) is 0 Å². The number of aromatic carboxylic acids is 1. The van der Waals surface area contributed by atoms with Gasteiger partial charge >= 0.3 is 5.97 Å². The number of ether oxygens (including phenoxy) is 1. The van der Waals surface area contributed by atoms with Gasteiger partial charge in [0.1, 0.15) is 11.3 Å². The van der Waals surface area contributed by atoms with Crippen molar-refractivity contribution >= 4 is 22.6 Å². The minimum Gasteiger partial charge on any atom is -0.492 e. The minimum atomic E-state index is -1.36. The number of benzene rings is 1. The Kier molecular flexibility index (Phi) is 4.49. The molecule has 2 aliphatic rings. The molecule has 0 bridgehead atoms. The Morgan fingerprint density at radius 3 is 2.64 bits per heavy atom. The van der Waals surface area contributed by atoms with Gasteiger partial charge in [0.05, 0.1) is 24.7 Å². The molecule has 0 amide bonds. The second-order valence-corrected chi connectivity index (χ2v) is 7.44. The van der Waals surface area contributed by atoms with Crippen LogP contribution in [0.4, 0.5) is 14.5 Å². The Hall–Kier alpha value is -2.68. The number of halogens is 2. The summed E-state index contributed by atoms with van der Waals surface area (Å²) in [6.07, 6.45) is 2.95. The number of methoxy groups -OCH3 is 1. The number of aromatic nitrogens is 1. The standard InChI is InChI=1S/C19H21F2N3O4/c1-28-18-15-11(17(25)12(19(26)27)7-24(15)10-2-3-10)4-13(21)16(18)23-6-9(5-20)14(22)8-23/h4,7,9-10,14H,2-3,5-6,8,22H2,1H3,(H,26,27)/t9-,14+/m0/s1. The number of nitrogens with two attached hydrogens (primary N) is 1. The van der Waals surface area contributed by atoms with Crippen molar-refractivity contribution in [2.75, 3.05) is 31.8 Å². The van der Waals surface area contributed by atoms with Gasteiger partial charge in [-0.3, -0.25) is 9.18 Å². The molecule has 150 valence electrons. The zero-order valence-electron chi connectivity index (χ0n) is 15.3. The van der Waals surface area contributed by atoms with Crippen LogP contribution in [0.25, 0.3) is 10.9 Å². The second-order valence-electron chi connectivity index (χ2n) is 7.44. The maximum Gasteiger partial charge on any atom is 0.341 e. The number of alkyl halides is 1. The van der Waals surface area contributed by atoms with Gasteiger partial charge in [0.2, 0.25) is 5.43 Å². The van der Waals surface area contributed by atoms with E-state index < -0.39 is 41.4 Å². The summed E-state index contributed by atoms with van der Waals surface area (Å²) in [5.41, 5.74) is 5.28. The van der Waals surface area contributed by atoms with E-state index in [-0.39, 0.29) is 36.0 Å². The van der Waals surface area contributed by atoms with Crippen LogP contribution in [0.1, 0.15) is 29.2 Å². The molecule has 7 nitrogen and oxygen atoms in total. The monoisotopic (exact) mass is 393 g/mol. The Bertz CT molecular complexity index is 1020. The van der Waals surface area contributed by atoms with Crippen LogP contribution in [-0.4, -0.2) is 48.6 Å². The molecular formula is C19H21F2N3O4. The number of carboxylic acids is 1. The van der Waals surface area contributed by atoms with Crippen LogP contribution >= 0.6 is 0 Å². The Morgan fingerprint density at radius 2 is 2.11 bits per heavy atom. The van der Waals surface area contributed by atoms with Crippen LogP contribution in [-0.2, 0) is 0 Å². The number of anilines is 1. The summed E-state index contributed by atoms with van der Waals surface area (Å²) in [6.45, 7) is -0.116. The molecule has 2 atom stereocenters. The van der Waals surface area contributed by atoms with E-state index in [0.717, 1.165) is 18.9 Å². The molecule has 0 spiro atoms. The molecule has 0 unspecified atom stereocenters. The first-order chi connectivity index (χ1) is 13.4. The second kappa shape index (κ2) is 6.73. The third kappa shape index (κ3) is 2.81. The van der Waals surface area contributed by atoms with Gasteiger partial charge in [-0.15, -0.1) is 0 Å². The molecule has 4 rings (SSSR count). The number of nitrogens with zero attached hydrogens (tertiary/aromatic N) is 2. The molecule has 1 saturated heterocycles. The van der Waals surface area contributed by atoms with Crippen molar-refractivity contribution < 1.29 is 23.4 Å². The summed E-state index contributed by atoms with van der Waals surface area (Å²) in [5, 5.41) is 9.32. The summed E-state index contributed by atoms with van der Waals surface area (Å²) in [7, 11) is 1.37. The molecule has 1 aliphatic carbocycles. The number of hydrogen-bond donors (Lipinski definition) is 2. The highest BCUT2D eigenvalue weighted by molar-refractivity contribution is 5.97. The van der Waals surface area contributed by atoms with Crippen molar-refractivity contribution in [2.45, 2.75) is 24.9 Å². The normalized spacial score (nSPS) is 22.1. The number of rotatable bonds is 5. The van der Waals surface area contributed by atoms with Crippen molar-refractivity contribution in [3.05, 3.63) is 33.9 Å². The van der Waals surface area contributed by atoms with Crippen LogP contribution < -0.4 is 20.8 Å². The Labute approximate surface area is 159 Å². The van der Waals surface area contributed by atoms with Crippen LogP contribution in [0.2, 0.25) is 0 Å². The summed E-state index contributed by atoms with van der Waals surface area (Å²) >= 11 is 0. The topological polar surface area (TPSA) is 97.8 Å². The van der Waals surface area contributed by atoms with Crippen molar-refractivity contribution in [1.29, 1.82) is 0 Å². The van der Waals surface area contributed by atoms with E-state index in [1.165, 1.54) is 13.3 Å². The lowest BCUT2D eigenvalue weighted by atomic mass is 10.1. The smallest absolute Gasteiger partial charge is 0.341 e. The molecule has 28 heavy (non-hydrogen) atoms. The predicted octanol–water partition coefficient (Wildman–Crippen LogP) is 1.92. The third-order valence-corrected chi connectivity index (χ3v) is 5.58. The molecule has 2 heterocycles. The number of fused-ring (bicyclic) bond motifs is 1. The van der Waals surface area contributed by atoms with Crippen molar-refractivity contribution in [3.63, 3.8) is 0 Å². The molecule has 1 aromatic carbocycles. The zero-order valence-corrected chi connectivity index (χ0v) is 15.3. The minimum absolute atomic E-state index is 0.0211. The van der Waals surface area contributed by atoms with E-state index >= 15 is 4.39 Å². The molecular weight excluding hydrogens is 372 g/mol. The quantitative estimate of drug-likeness (QED) is 0.806. The van der Waals surface area contributed by atoms with Gasteiger partial charge in [-0.05, 0) is 18.9 Å². The lowest BCUT2D eigenvalue weighted by Gasteiger charge is -2.24. The third-order valence-electron chi connectivity index (χ3n) is 5.58. The SMILES string of the molecule is COc1c(N2C[C@H](CF)[C@H](N)C2)c(F)cc2c(=O)c(C(=O)O)cn(C3CC3)c12. The van der Waals surface area contributed by atoms with Crippen molar-refractivity contribution in [2.24, 2.45) is 11.7 Å². The molecule has 1 saturated carbocycles. The fourth-order valence-corrected chi connectivity index (χ4v) is 3.97. The van der Waals surface area contributed by atoms with Gasteiger partial charge in [-0.2, -0.15) is 0 Å². The van der Waals surface area contributed by atoms with Gasteiger partial charge < -0.3 is 25.0 Å². The lowest BCUT2D eigenvalue weighted by Crippen LogP contribution is -2.30. The largest absolute Gasteiger partial charge is 0.492 e. The van der Waals surface area contributed by atoms with Gasteiger partial charge in [0.25, 0.3) is 0 Å². The van der Waals surface area contributed by atoms with Crippen molar-refractivity contribution in [1.82, 2.24) is 4.57 Å². The lowest BCUT2D eigenvalue weighted by molar-refractivity contribution is 0.0695. The molecule has 1 aromatic heterocycles. The van der Waals surface area contributed by atoms with Gasteiger partial charge in [0, 0.05) is 37.3 Å². The summed E-state index contributed by atoms with van der Waals surface area (Å²) in [6, 6.07) is 0.632. The first-order valence-electron chi connectivity index (χ1n) is 9.12. The molecule has 9 heteroatoms. The van der Waals surface area contributed by atoms with Crippen molar-refractivity contribution in [3.8, 4) is 5.75 Å². The average molecular weight is 393 g/mol. The fourth-order valence-electron chi connectivity index (χ4n) is 3.97. The highest BCUT2D eigenvalue weighted by Crippen LogP contribution is 2.44. The summed E-state index contributed by atoms with van der Waals surface area (Å²) in [4.78, 5) is 25.8. The number of pyridine rings is 1. The Morgan fingerprint density at radius 1 is 1.39 bits per heavy atom. The van der Waals surface area contributed by atoms with E-state index in [2.05, 4.69) is 0 Å². The summed E-state index contributed by atoms with van der Waals surface area (Å²) < 4.78 is 35.5. The molecule has 1 aliphatic heterocycles. The van der Waals surface area contributed by atoms with E-state index in [1.54, 1.807) is 9.47 Å². The number of carbonyl (C=O) groups is 1. The van der Waals surface area contributed by atoms with Crippen LogP contribution in [0.5, 0.6) is 5.75 Å². The van der Waals surface area contributed by atoms with Gasteiger partial charge in [0.15, 0.2) is 11.6 Å².